The Bertz CT molecular complexity index is 718. The lowest BCUT2D eigenvalue weighted by atomic mass is 10.2. The second kappa shape index (κ2) is 5.87. The molecular formula is C13H10ClF2NO2S. The molecule has 3 nitrogen and oxygen atoms in total. The summed E-state index contributed by atoms with van der Waals surface area (Å²) in [5.74, 6) is -1.02. The number of hydrogen-bond acceptors (Lipinski definition) is 2. The van der Waals surface area contributed by atoms with Gasteiger partial charge in [-0.1, -0.05) is 17.7 Å². The van der Waals surface area contributed by atoms with Crippen molar-refractivity contribution in [3.63, 3.8) is 0 Å². The Morgan fingerprint density at radius 2 is 1.60 bits per heavy atom. The summed E-state index contributed by atoms with van der Waals surface area (Å²) in [5.41, 5.74) is 0.443. The van der Waals surface area contributed by atoms with Gasteiger partial charge in [0.15, 0.2) is 0 Å². The lowest BCUT2D eigenvalue weighted by Crippen LogP contribution is -2.23. The maximum absolute atomic E-state index is 12.9. The molecule has 0 aliphatic heterocycles. The molecule has 0 bridgehead atoms. The average Bonchev–Trinajstić information content (AvgIpc) is 2.38. The summed E-state index contributed by atoms with van der Waals surface area (Å²) < 4.78 is 51.8. The van der Waals surface area contributed by atoms with E-state index < -0.39 is 21.7 Å². The van der Waals surface area contributed by atoms with Crippen molar-refractivity contribution in [2.24, 2.45) is 0 Å². The molecule has 0 unspecified atom stereocenters. The van der Waals surface area contributed by atoms with Crippen LogP contribution in [0.4, 0.5) is 8.78 Å². The summed E-state index contributed by atoms with van der Waals surface area (Å²) in [7, 11) is -3.77. The third-order valence-corrected chi connectivity index (χ3v) is 4.36. The normalized spacial score (nSPS) is 11.6. The van der Waals surface area contributed by atoms with Crippen LogP contribution < -0.4 is 4.72 Å². The second-order valence-corrected chi connectivity index (χ2v) is 6.19. The number of sulfonamides is 1. The van der Waals surface area contributed by atoms with Gasteiger partial charge in [0, 0.05) is 11.6 Å². The van der Waals surface area contributed by atoms with Crippen LogP contribution in [0.2, 0.25) is 5.02 Å². The van der Waals surface area contributed by atoms with Gasteiger partial charge in [-0.05, 0) is 42.0 Å². The molecule has 0 fully saturated rings. The summed E-state index contributed by atoms with van der Waals surface area (Å²) in [6.45, 7) is -0.0845. The predicted molar refractivity (Wildman–Crippen MR) is 71.8 cm³/mol. The molecule has 2 aromatic rings. The van der Waals surface area contributed by atoms with Crippen LogP contribution in [-0.2, 0) is 16.6 Å². The molecule has 20 heavy (non-hydrogen) atoms. The van der Waals surface area contributed by atoms with E-state index in [0.29, 0.717) is 5.56 Å². The van der Waals surface area contributed by atoms with Gasteiger partial charge >= 0.3 is 0 Å². The molecule has 0 aliphatic carbocycles. The molecule has 0 aromatic heterocycles. The van der Waals surface area contributed by atoms with E-state index in [9.17, 15) is 17.2 Å². The Balaban J connectivity index is 2.15. The smallest absolute Gasteiger partial charge is 0.207 e. The molecule has 0 spiro atoms. The van der Waals surface area contributed by atoms with Gasteiger partial charge in [-0.3, -0.25) is 0 Å². The summed E-state index contributed by atoms with van der Waals surface area (Å²) in [6, 6.07) is 8.11. The number of nitrogens with one attached hydrogen (secondary N) is 1. The Labute approximate surface area is 120 Å². The van der Waals surface area contributed by atoms with Gasteiger partial charge < -0.3 is 0 Å². The Hall–Kier alpha value is -1.50. The SMILES string of the molecule is O=S(=O)(NCc1ccc(F)cc1Cl)c1ccc(F)cc1. The van der Waals surface area contributed by atoms with E-state index in [2.05, 4.69) is 4.72 Å². The van der Waals surface area contributed by atoms with Gasteiger partial charge in [-0.25, -0.2) is 21.9 Å². The lowest BCUT2D eigenvalue weighted by molar-refractivity contribution is 0.580. The standard InChI is InChI=1S/C13H10ClF2NO2S/c14-13-7-11(16)2-1-9(13)8-17-20(18,19)12-5-3-10(15)4-6-12/h1-7,17H,8H2. The molecule has 7 heteroatoms. The molecule has 2 aromatic carbocycles. The van der Waals surface area contributed by atoms with E-state index in [1.807, 2.05) is 0 Å². The lowest BCUT2D eigenvalue weighted by Gasteiger charge is -2.08. The Kier molecular flexibility index (Phi) is 4.37. The second-order valence-electron chi connectivity index (χ2n) is 4.01. The van der Waals surface area contributed by atoms with Gasteiger partial charge in [0.1, 0.15) is 11.6 Å². The fourth-order valence-corrected chi connectivity index (χ4v) is 2.78. The van der Waals surface area contributed by atoms with Crippen LogP contribution in [0.3, 0.4) is 0 Å². The molecule has 0 saturated carbocycles. The van der Waals surface area contributed by atoms with Gasteiger partial charge in [0.25, 0.3) is 0 Å². The van der Waals surface area contributed by atoms with E-state index in [-0.39, 0.29) is 16.5 Å². The van der Waals surface area contributed by atoms with E-state index in [0.717, 1.165) is 30.3 Å². The monoisotopic (exact) mass is 317 g/mol. The molecule has 1 N–H and O–H groups in total. The van der Waals surface area contributed by atoms with Gasteiger partial charge in [-0.15, -0.1) is 0 Å². The Morgan fingerprint density at radius 1 is 1.00 bits per heavy atom. The molecule has 2 rings (SSSR count). The molecule has 0 heterocycles. The van der Waals surface area contributed by atoms with Gasteiger partial charge in [0.2, 0.25) is 10.0 Å². The maximum atomic E-state index is 12.9. The highest BCUT2D eigenvalue weighted by Crippen LogP contribution is 2.18. The third kappa shape index (κ3) is 3.53. The number of hydrogen-bond donors (Lipinski definition) is 1. The molecule has 106 valence electrons. The first-order valence-corrected chi connectivity index (χ1v) is 7.44. The first-order valence-electron chi connectivity index (χ1n) is 5.58. The summed E-state index contributed by atoms with van der Waals surface area (Å²) in [5, 5.41) is 0.131. The van der Waals surface area contributed by atoms with E-state index in [4.69, 9.17) is 11.6 Å². The van der Waals surface area contributed by atoms with Gasteiger partial charge in [-0.2, -0.15) is 0 Å². The average molecular weight is 318 g/mol. The number of benzene rings is 2. The van der Waals surface area contributed by atoms with Crippen molar-refractivity contribution in [3.8, 4) is 0 Å². The van der Waals surface area contributed by atoms with Crippen molar-refractivity contribution in [2.75, 3.05) is 0 Å². The predicted octanol–water partition coefficient (Wildman–Crippen LogP) is 3.10. The van der Waals surface area contributed by atoms with E-state index in [1.165, 1.54) is 12.1 Å². The third-order valence-electron chi connectivity index (χ3n) is 2.59. The molecule has 0 radical (unpaired) electrons. The van der Waals surface area contributed by atoms with Crippen molar-refractivity contribution in [3.05, 3.63) is 64.7 Å². The van der Waals surface area contributed by atoms with Crippen LogP contribution in [0, 0.1) is 11.6 Å². The van der Waals surface area contributed by atoms with Crippen LogP contribution in [-0.4, -0.2) is 8.42 Å². The molecular weight excluding hydrogens is 308 g/mol. The number of halogens is 3. The quantitative estimate of drug-likeness (QED) is 0.942. The Morgan fingerprint density at radius 3 is 2.20 bits per heavy atom. The van der Waals surface area contributed by atoms with Crippen molar-refractivity contribution >= 4 is 21.6 Å². The largest absolute Gasteiger partial charge is 0.240 e. The minimum absolute atomic E-state index is 0.0582. The van der Waals surface area contributed by atoms with Crippen LogP contribution in [0.1, 0.15) is 5.56 Å². The minimum Gasteiger partial charge on any atom is -0.207 e. The zero-order valence-electron chi connectivity index (χ0n) is 10.1. The van der Waals surface area contributed by atoms with Crippen LogP contribution in [0.5, 0.6) is 0 Å². The zero-order valence-corrected chi connectivity index (χ0v) is 11.7. The van der Waals surface area contributed by atoms with E-state index >= 15 is 0 Å². The van der Waals surface area contributed by atoms with Crippen LogP contribution >= 0.6 is 11.6 Å². The minimum atomic E-state index is -3.77. The summed E-state index contributed by atoms with van der Waals surface area (Å²) in [4.78, 5) is -0.0582. The number of rotatable bonds is 4. The van der Waals surface area contributed by atoms with Crippen molar-refractivity contribution in [1.29, 1.82) is 0 Å². The molecule has 0 amide bonds. The van der Waals surface area contributed by atoms with E-state index in [1.54, 1.807) is 0 Å². The fraction of sp³-hybridized carbons (Fsp3) is 0.0769. The fourth-order valence-electron chi connectivity index (χ4n) is 1.53. The van der Waals surface area contributed by atoms with Crippen LogP contribution in [0.25, 0.3) is 0 Å². The molecule has 0 atom stereocenters. The summed E-state index contributed by atoms with van der Waals surface area (Å²) >= 11 is 5.80. The van der Waals surface area contributed by atoms with Crippen molar-refractivity contribution in [1.82, 2.24) is 4.72 Å². The van der Waals surface area contributed by atoms with Gasteiger partial charge in [0.05, 0.1) is 4.90 Å². The summed E-state index contributed by atoms with van der Waals surface area (Å²) in [6.07, 6.45) is 0. The molecule has 0 aliphatic rings. The highest BCUT2D eigenvalue weighted by atomic mass is 35.5. The zero-order chi connectivity index (χ0) is 14.8. The highest BCUT2D eigenvalue weighted by Gasteiger charge is 2.14. The van der Waals surface area contributed by atoms with Crippen molar-refractivity contribution < 1.29 is 17.2 Å². The van der Waals surface area contributed by atoms with Crippen LogP contribution in [0.15, 0.2) is 47.4 Å². The molecule has 0 saturated heterocycles. The first kappa shape index (κ1) is 14.9. The first-order chi connectivity index (χ1) is 9.38. The topological polar surface area (TPSA) is 46.2 Å². The highest BCUT2D eigenvalue weighted by molar-refractivity contribution is 7.89. The van der Waals surface area contributed by atoms with Crippen molar-refractivity contribution in [2.45, 2.75) is 11.4 Å². The maximum Gasteiger partial charge on any atom is 0.240 e.